The molecule has 19 heavy (non-hydrogen) atoms. The van der Waals surface area contributed by atoms with Crippen LogP contribution >= 0.6 is 0 Å². The van der Waals surface area contributed by atoms with Gasteiger partial charge in [-0.05, 0) is 23.7 Å². The summed E-state index contributed by atoms with van der Waals surface area (Å²) in [5, 5.41) is 0. The summed E-state index contributed by atoms with van der Waals surface area (Å²) in [6.07, 6.45) is 15.5. The van der Waals surface area contributed by atoms with E-state index < -0.39 is 0 Å². The minimum Gasteiger partial charge on any atom is -0.0804 e. The van der Waals surface area contributed by atoms with E-state index in [9.17, 15) is 0 Å². The summed E-state index contributed by atoms with van der Waals surface area (Å²) in [5.74, 6) is 0. The molecular formula is C18H28Ru+2. The van der Waals surface area contributed by atoms with Crippen LogP contribution in [0.25, 0.3) is 0 Å². The molecule has 0 aromatic carbocycles. The van der Waals surface area contributed by atoms with Crippen LogP contribution in [-0.2, 0) is 19.5 Å². The average Bonchev–Trinajstić information content (AvgIpc) is 2.91. The fourth-order valence-electron chi connectivity index (χ4n) is 2.01. The Kier molecular flexibility index (Phi) is 7.23. The maximum atomic E-state index is 2.26. The number of allylic oxidation sites excluding steroid dienone is 8. The summed E-state index contributed by atoms with van der Waals surface area (Å²) >= 11 is 0. The van der Waals surface area contributed by atoms with Crippen LogP contribution in [0.3, 0.4) is 0 Å². The Labute approximate surface area is 132 Å². The third kappa shape index (κ3) is 6.52. The number of rotatable bonds is 0. The molecule has 0 aromatic rings. The fourth-order valence-corrected chi connectivity index (χ4v) is 2.01. The van der Waals surface area contributed by atoms with Crippen molar-refractivity contribution in [1.29, 1.82) is 0 Å². The zero-order valence-electron chi connectivity index (χ0n) is 13.2. The summed E-state index contributed by atoms with van der Waals surface area (Å²) in [6, 6.07) is 0. The van der Waals surface area contributed by atoms with Crippen LogP contribution in [0.2, 0.25) is 0 Å². The van der Waals surface area contributed by atoms with Crippen molar-refractivity contribution in [1.82, 2.24) is 0 Å². The van der Waals surface area contributed by atoms with Gasteiger partial charge in [0.15, 0.2) is 0 Å². The predicted molar refractivity (Wildman–Crippen MR) is 82.6 cm³/mol. The molecule has 0 aromatic heterocycles. The van der Waals surface area contributed by atoms with Crippen LogP contribution < -0.4 is 0 Å². The summed E-state index contributed by atoms with van der Waals surface area (Å²) in [6.45, 7) is 13.5. The second-order valence-corrected chi connectivity index (χ2v) is 7.15. The molecule has 0 heterocycles. The molecule has 2 aliphatic rings. The Morgan fingerprint density at radius 1 is 0.684 bits per heavy atom. The SMILES string of the molecule is CC(C)(C)C1=CC=CC1.CC(C)(C)C1=CC=CC1.[Ru+2]. The first-order chi connectivity index (χ1) is 8.21. The van der Waals surface area contributed by atoms with Gasteiger partial charge in [0, 0.05) is 0 Å². The summed E-state index contributed by atoms with van der Waals surface area (Å²) in [4.78, 5) is 0. The molecule has 1 heteroatoms. The van der Waals surface area contributed by atoms with E-state index in [1.165, 1.54) is 0 Å². The monoisotopic (exact) mass is 346 g/mol. The second kappa shape index (κ2) is 7.39. The molecular weight excluding hydrogens is 317 g/mol. The topological polar surface area (TPSA) is 0 Å². The third-order valence-corrected chi connectivity index (χ3v) is 3.47. The molecule has 106 valence electrons. The minimum absolute atomic E-state index is 0. The molecule has 0 nitrogen and oxygen atoms in total. The van der Waals surface area contributed by atoms with E-state index in [0.717, 1.165) is 12.8 Å². The zero-order valence-corrected chi connectivity index (χ0v) is 15.0. The molecule has 0 atom stereocenters. The van der Waals surface area contributed by atoms with Gasteiger partial charge < -0.3 is 0 Å². The quantitative estimate of drug-likeness (QED) is 0.484. The average molecular weight is 345 g/mol. The molecule has 0 amide bonds. The molecule has 0 bridgehead atoms. The van der Waals surface area contributed by atoms with Gasteiger partial charge in [0.1, 0.15) is 0 Å². The Morgan fingerprint density at radius 3 is 1.11 bits per heavy atom. The molecule has 0 aliphatic heterocycles. The van der Waals surface area contributed by atoms with E-state index in [4.69, 9.17) is 0 Å². The van der Waals surface area contributed by atoms with Gasteiger partial charge in [-0.2, -0.15) is 0 Å². The molecule has 2 rings (SSSR count). The maximum Gasteiger partial charge on any atom is 2.00 e. The van der Waals surface area contributed by atoms with Crippen LogP contribution in [0.1, 0.15) is 54.4 Å². The molecule has 0 spiro atoms. The van der Waals surface area contributed by atoms with Gasteiger partial charge in [0.25, 0.3) is 0 Å². The molecule has 0 N–H and O–H groups in total. The fraction of sp³-hybridized carbons (Fsp3) is 0.556. The van der Waals surface area contributed by atoms with Crippen molar-refractivity contribution in [2.75, 3.05) is 0 Å². The van der Waals surface area contributed by atoms with Gasteiger partial charge >= 0.3 is 19.5 Å². The number of hydrogen-bond acceptors (Lipinski definition) is 0. The van der Waals surface area contributed by atoms with Crippen molar-refractivity contribution in [3.05, 3.63) is 47.6 Å². The van der Waals surface area contributed by atoms with Crippen molar-refractivity contribution in [3.8, 4) is 0 Å². The Morgan fingerprint density at radius 2 is 1.00 bits per heavy atom. The standard InChI is InChI=1S/2C9H14.Ru/c2*1-9(2,3)8-6-4-5-7-8;/h2*4-6H,7H2,1-3H3;/q;;+2. The first-order valence-corrected chi connectivity index (χ1v) is 6.93. The van der Waals surface area contributed by atoms with Gasteiger partial charge in [-0.1, -0.05) is 89.1 Å². The molecule has 2 aliphatic carbocycles. The molecule has 0 radical (unpaired) electrons. The number of hydrogen-bond donors (Lipinski definition) is 0. The van der Waals surface area contributed by atoms with E-state index in [1.54, 1.807) is 11.1 Å². The van der Waals surface area contributed by atoms with Gasteiger partial charge in [-0.15, -0.1) is 0 Å². The van der Waals surface area contributed by atoms with Gasteiger partial charge in [0.2, 0.25) is 0 Å². The normalized spacial score (nSPS) is 17.4. The Balaban J connectivity index is 0.000000324. The van der Waals surface area contributed by atoms with E-state index in [0.29, 0.717) is 10.8 Å². The van der Waals surface area contributed by atoms with E-state index in [2.05, 4.69) is 78.0 Å². The van der Waals surface area contributed by atoms with Gasteiger partial charge in [-0.3, -0.25) is 0 Å². The van der Waals surface area contributed by atoms with Crippen LogP contribution in [-0.4, -0.2) is 0 Å². The van der Waals surface area contributed by atoms with Crippen LogP contribution in [0, 0.1) is 10.8 Å². The Bertz CT molecular complexity index is 352. The first kappa shape index (κ1) is 18.6. The Hall–Kier alpha value is -0.417. The predicted octanol–water partition coefficient (Wildman–Crippen LogP) is 5.84. The molecule has 0 fully saturated rings. The van der Waals surface area contributed by atoms with E-state index in [-0.39, 0.29) is 19.5 Å². The van der Waals surface area contributed by atoms with Gasteiger partial charge in [0.05, 0.1) is 0 Å². The van der Waals surface area contributed by atoms with Crippen LogP contribution in [0.15, 0.2) is 47.6 Å². The summed E-state index contributed by atoms with van der Waals surface area (Å²) in [5.41, 5.74) is 3.84. The molecule has 0 unspecified atom stereocenters. The first-order valence-electron chi connectivity index (χ1n) is 6.93. The summed E-state index contributed by atoms with van der Waals surface area (Å²) in [7, 11) is 0. The zero-order chi connectivity index (χ0) is 13.8. The summed E-state index contributed by atoms with van der Waals surface area (Å²) < 4.78 is 0. The smallest absolute Gasteiger partial charge is 0.0804 e. The van der Waals surface area contributed by atoms with E-state index >= 15 is 0 Å². The van der Waals surface area contributed by atoms with Crippen LogP contribution in [0.4, 0.5) is 0 Å². The van der Waals surface area contributed by atoms with Gasteiger partial charge in [-0.25, -0.2) is 0 Å². The largest absolute Gasteiger partial charge is 2.00 e. The van der Waals surface area contributed by atoms with Crippen molar-refractivity contribution in [2.24, 2.45) is 10.8 Å². The third-order valence-electron chi connectivity index (χ3n) is 3.47. The van der Waals surface area contributed by atoms with Crippen molar-refractivity contribution in [3.63, 3.8) is 0 Å². The van der Waals surface area contributed by atoms with Crippen molar-refractivity contribution in [2.45, 2.75) is 54.4 Å². The van der Waals surface area contributed by atoms with Crippen molar-refractivity contribution >= 4 is 0 Å². The van der Waals surface area contributed by atoms with Crippen molar-refractivity contribution < 1.29 is 19.5 Å². The molecule has 0 saturated carbocycles. The molecule has 0 saturated heterocycles. The maximum absolute atomic E-state index is 2.26. The minimum atomic E-state index is 0. The second-order valence-electron chi connectivity index (χ2n) is 7.15. The van der Waals surface area contributed by atoms with E-state index in [1.807, 2.05) is 0 Å². The van der Waals surface area contributed by atoms with Crippen LogP contribution in [0.5, 0.6) is 0 Å².